The van der Waals surface area contributed by atoms with E-state index in [0.717, 1.165) is 16.8 Å². The number of hydrogen-bond acceptors (Lipinski definition) is 4. The van der Waals surface area contributed by atoms with E-state index in [4.69, 9.17) is 5.79 Å². The van der Waals surface area contributed by atoms with Crippen LogP contribution < -0.4 is 5.19 Å². The molecule has 0 saturated heterocycles. The fourth-order valence-electron chi connectivity index (χ4n) is 4.24. The maximum atomic E-state index is 14.3. The maximum Gasteiger partial charge on any atom is 0.216 e. The number of furan rings is 1. The third kappa shape index (κ3) is 6.28. The van der Waals surface area contributed by atoms with Crippen molar-refractivity contribution < 1.29 is 30.3 Å². The quantitative estimate of drug-likeness (QED) is 0.136. The van der Waals surface area contributed by atoms with Crippen LogP contribution in [-0.4, -0.2) is 23.0 Å². The van der Waals surface area contributed by atoms with Gasteiger partial charge in [0.2, 0.25) is 5.71 Å². The number of nitrogens with zero attached hydrogens (tertiary/aromatic N) is 3. The van der Waals surface area contributed by atoms with Crippen LogP contribution in [0.2, 0.25) is 19.6 Å². The van der Waals surface area contributed by atoms with E-state index >= 15 is 0 Å². The number of fused-ring (bicyclic) bond motifs is 3. The second-order valence-electron chi connectivity index (χ2n) is 10.6. The zero-order chi connectivity index (χ0) is 28.5. The molecule has 0 unspecified atom stereocenters. The minimum absolute atomic E-state index is 0. The van der Waals surface area contributed by atoms with Gasteiger partial charge in [0.05, 0.1) is 13.7 Å². The van der Waals surface area contributed by atoms with Crippen LogP contribution in [-0.2, 0) is 20.1 Å². The summed E-state index contributed by atoms with van der Waals surface area (Å²) in [4.78, 5) is 13.0. The fraction of sp³-hybridized carbons (Fsp3) is 0.182. The molecule has 40 heavy (non-hydrogen) atoms. The van der Waals surface area contributed by atoms with E-state index in [1.54, 1.807) is 44.4 Å². The Labute approximate surface area is 250 Å². The number of halogens is 1. The van der Waals surface area contributed by atoms with Gasteiger partial charge in [0.25, 0.3) is 0 Å². The molecule has 0 fully saturated rings. The summed E-state index contributed by atoms with van der Waals surface area (Å²) in [7, 11) is -1.23. The van der Waals surface area contributed by atoms with Gasteiger partial charge < -0.3 is 14.4 Å². The van der Waals surface area contributed by atoms with Gasteiger partial charge in [-0.3, -0.25) is 4.39 Å². The molecule has 0 saturated carbocycles. The van der Waals surface area contributed by atoms with Crippen molar-refractivity contribution in [3.05, 3.63) is 109 Å². The molecule has 0 atom stereocenters. The van der Waals surface area contributed by atoms with Crippen LogP contribution in [0.4, 0.5) is 4.39 Å². The summed E-state index contributed by atoms with van der Waals surface area (Å²) in [5.74, 6) is -1.16. The van der Waals surface area contributed by atoms with Crippen molar-refractivity contribution in [2.75, 3.05) is 0 Å². The normalized spacial score (nSPS) is 11.9. The topological polar surface area (TPSA) is 51.8 Å². The summed E-state index contributed by atoms with van der Waals surface area (Å²) in [5, 5.41) is 2.40. The van der Waals surface area contributed by atoms with Gasteiger partial charge in [0.1, 0.15) is 0 Å². The molecule has 205 valence electrons. The first kappa shape index (κ1) is 28.0. The zero-order valence-corrected chi connectivity index (χ0v) is 26.4. The molecule has 0 aliphatic rings. The van der Waals surface area contributed by atoms with Crippen LogP contribution in [0.1, 0.15) is 26.7 Å². The zero-order valence-electron chi connectivity index (χ0n) is 24.0. The van der Waals surface area contributed by atoms with Gasteiger partial charge in [-0.1, -0.05) is 62.8 Å². The van der Waals surface area contributed by atoms with Gasteiger partial charge in [-0.2, -0.15) is 0 Å². The third-order valence-electron chi connectivity index (χ3n) is 6.48. The van der Waals surface area contributed by atoms with Crippen molar-refractivity contribution in [2.24, 2.45) is 0 Å². The number of pyridine rings is 3. The molecule has 1 radical (unpaired) electrons. The van der Waals surface area contributed by atoms with Crippen molar-refractivity contribution in [1.29, 1.82) is 0 Å². The molecule has 0 N–H and O–H groups in total. The molecule has 4 heterocycles. The molecular formula is C33H30FIrN3OSi-2. The molecule has 0 bridgehead atoms. The van der Waals surface area contributed by atoms with E-state index in [1.165, 1.54) is 11.3 Å². The smallest absolute Gasteiger partial charge is 0.216 e. The van der Waals surface area contributed by atoms with Crippen LogP contribution in [0.5, 0.6) is 0 Å². The van der Waals surface area contributed by atoms with Crippen LogP contribution in [0.15, 0.2) is 89.7 Å². The van der Waals surface area contributed by atoms with E-state index in [1.807, 2.05) is 36.5 Å². The predicted molar refractivity (Wildman–Crippen MR) is 159 cm³/mol. The maximum absolute atomic E-state index is 14.3. The summed E-state index contributed by atoms with van der Waals surface area (Å²) in [6, 6.07) is 26.8. The predicted octanol–water partition coefficient (Wildman–Crippen LogP) is 8.20. The molecule has 6 aromatic rings. The molecule has 4 aromatic heterocycles. The molecule has 0 aliphatic carbocycles. The van der Waals surface area contributed by atoms with Gasteiger partial charge in [0, 0.05) is 51.3 Å². The molecular weight excluding hydrogens is 694 g/mol. The standard InChI is InChI=1S/C19H14FN2O.C14H16NSi.Ir/c1-11(2)12-7-9-21-16(10-12)13-5-6-15(20)17-14-4-3-8-22-19(14)23-18(13)17;1-16(2,3)13-9-10-14(15-11-13)12-7-5-4-6-8-12;/h3-4,6-11H,1-2H3;4-7,9-11H,1-3H3;/q2*-1;/i11D;;. The van der Waals surface area contributed by atoms with Crippen molar-refractivity contribution in [2.45, 2.75) is 39.4 Å². The summed E-state index contributed by atoms with van der Waals surface area (Å²) in [5.41, 5.74) is 4.78. The van der Waals surface area contributed by atoms with Gasteiger partial charge in [-0.25, -0.2) is 4.98 Å². The summed E-state index contributed by atoms with van der Waals surface area (Å²) >= 11 is 0. The van der Waals surface area contributed by atoms with Gasteiger partial charge >= 0.3 is 0 Å². The van der Waals surface area contributed by atoms with Crippen LogP contribution >= 0.6 is 0 Å². The number of hydrogen-bond donors (Lipinski definition) is 0. The Morgan fingerprint density at radius 3 is 2.42 bits per heavy atom. The van der Waals surface area contributed by atoms with Crippen molar-refractivity contribution in [3.63, 3.8) is 0 Å². The first-order valence-electron chi connectivity index (χ1n) is 13.3. The molecule has 6 rings (SSSR count). The Kier molecular flexibility index (Phi) is 8.65. The summed E-state index contributed by atoms with van der Waals surface area (Å²) in [6.07, 6.45) is 5.26. The second-order valence-corrected chi connectivity index (χ2v) is 15.6. The Balaban J connectivity index is 0.000000200. The van der Waals surface area contributed by atoms with Crippen molar-refractivity contribution in [3.8, 4) is 22.5 Å². The van der Waals surface area contributed by atoms with Gasteiger partial charge in [-0.05, 0) is 46.1 Å². The molecule has 0 aliphatic heterocycles. The van der Waals surface area contributed by atoms with E-state index in [2.05, 4.69) is 58.9 Å². The number of benzene rings is 2. The third-order valence-corrected chi connectivity index (χ3v) is 8.51. The van der Waals surface area contributed by atoms with E-state index in [9.17, 15) is 4.39 Å². The Hall–Kier alpha value is -3.51. The number of aromatic nitrogens is 3. The Morgan fingerprint density at radius 2 is 1.75 bits per heavy atom. The van der Waals surface area contributed by atoms with Gasteiger partial charge in [-0.15, -0.1) is 48.0 Å². The average molecular weight is 725 g/mol. The number of rotatable bonds is 4. The van der Waals surface area contributed by atoms with Gasteiger partial charge in [0.15, 0.2) is 0 Å². The molecule has 7 heteroatoms. The molecule has 4 nitrogen and oxygen atoms in total. The summed E-state index contributed by atoms with van der Waals surface area (Å²) in [6.45, 7) is 10.6. The molecule has 0 amide bonds. The van der Waals surface area contributed by atoms with Crippen LogP contribution in [0.25, 0.3) is 44.6 Å². The van der Waals surface area contributed by atoms with Crippen molar-refractivity contribution in [1.82, 2.24) is 15.0 Å². The Bertz CT molecular complexity index is 1780. The molecule has 0 spiro atoms. The first-order valence-corrected chi connectivity index (χ1v) is 16.3. The average Bonchev–Trinajstić information content (AvgIpc) is 3.34. The van der Waals surface area contributed by atoms with E-state index < -0.39 is 19.8 Å². The fourth-order valence-corrected chi connectivity index (χ4v) is 5.27. The van der Waals surface area contributed by atoms with Crippen molar-refractivity contribution >= 4 is 35.3 Å². The monoisotopic (exact) mass is 725 g/mol. The Morgan fingerprint density at radius 1 is 0.925 bits per heavy atom. The van der Waals surface area contributed by atoms with E-state index in [-0.39, 0.29) is 20.1 Å². The SMILES string of the molecule is C[Si](C)(C)c1ccc(-c2[c-]cccc2)nc1.[2H]C(C)(C)c1ccnc(-c2[c-]cc(F)c3c2oc2ncccc23)c1.[Ir]. The minimum atomic E-state index is -1.23. The van der Waals surface area contributed by atoms with Crippen LogP contribution in [0, 0.1) is 17.9 Å². The second kappa shape index (κ2) is 12.3. The summed E-state index contributed by atoms with van der Waals surface area (Å²) < 4.78 is 28.3. The molecule has 2 aromatic carbocycles. The largest absolute Gasteiger partial charge is 0.486 e. The van der Waals surface area contributed by atoms with E-state index in [0.29, 0.717) is 33.3 Å². The minimum Gasteiger partial charge on any atom is -0.486 e. The van der Waals surface area contributed by atoms with Crippen LogP contribution in [0.3, 0.4) is 0 Å². The first-order chi connectivity index (χ1) is 19.0.